The lowest BCUT2D eigenvalue weighted by Gasteiger charge is -2.33. The molecule has 1 unspecified atom stereocenters. The topological polar surface area (TPSA) is 69.7 Å². The van der Waals surface area contributed by atoms with Gasteiger partial charge in [0, 0.05) is 38.3 Å². The van der Waals surface area contributed by atoms with E-state index in [4.69, 9.17) is 0 Å². The van der Waals surface area contributed by atoms with Crippen LogP contribution < -0.4 is 5.32 Å². The van der Waals surface area contributed by atoms with Crippen LogP contribution in [0.1, 0.15) is 60.9 Å². The van der Waals surface area contributed by atoms with Gasteiger partial charge in [-0.1, -0.05) is 55.7 Å². The highest BCUT2D eigenvalue weighted by Crippen LogP contribution is 2.27. The summed E-state index contributed by atoms with van der Waals surface area (Å²) >= 11 is 0. The van der Waals surface area contributed by atoms with Gasteiger partial charge in [0.05, 0.1) is 4.90 Å². The summed E-state index contributed by atoms with van der Waals surface area (Å²) in [6.45, 7) is 3.56. The molecule has 184 valence electrons. The first-order chi connectivity index (χ1) is 16.4. The molecule has 1 N–H and O–H groups in total. The molecule has 1 aliphatic heterocycles. The van der Waals surface area contributed by atoms with Crippen molar-refractivity contribution in [2.24, 2.45) is 5.92 Å². The Kier molecular flexibility index (Phi) is 8.40. The number of rotatable bonds is 8. The number of hydrogen-bond donors (Lipinski definition) is 1. The Labute approximate surface area is 204 Å². The maximum absolute atomic E-state index is 13.2. The van der Waals surface area contributed by atoms with Crippen LogP contribution in [0.2, 0.25) is 0 Å². The molecule has 2 aromatic rings. The molecule has 0 aromatic heterocycles. The van der Waals surface area contributed by atoms with Crippen molar-refractivity contribution in [1.29, 1.82) is 0 Å². The van der Waals surface area contributed by atoms with Crippen molar-refractivity contribution in [3.63, 3.8) is 0 Å². The monoisotopic (exact) mass is 483 g/mol. The lowest BCUT2D eigenvalue weighted by Crippen LogP contribution is -2.40. The highest BCUT2D eigenvalue weighted by Gasteiger charge is 2.29. The highest BCUT2D eigenvalue weighted by atomic mass is 32.2. The molecule has 1 aliphatic carbocycles. The molecule has 1 amide bonds. The van der Waals surface area contributed by atoms with Crippen LogP contribution in [0.5, 0.6) is 0 Å². The third-order valence-electron chi connectivity index (χ3n) is 7.27. The van der Waals surface area contributed by atoms with Crippen LogP contribution >= 0.6 is 0 Å². The fraction of sp³-hybridized carbons (Fsp3) is 0.519. The number of likely N-dealkylation sites (tertiary alicyclic amines) is 1. The summed E-state index contributed by atoms with van der Waals surface area (Å²) in [4.78, 5) is 15.5. The molecule has 0 bridgehead atoms. The third kappa shape index (κ3) is 6.26. The molecule has 2 fully saturated rings. The molecule has 34 heavy (non-hydrogen) atoms. The van der Waals surface area contributed by atoms with Crippen molar-refractivity contribution in [2.45, 2.75) is 62.4 Å². The zero-order valence-electron chi connectivity index (χ0n) is 20.2. The fourth-order valence-corrected chi connectivity index (χ4v) is 6.71. The van der Waals surface area contributed by atoms with E-state index in [0.717, 1.165) is 58.2 Å². The Bertz CT molecular complexity index is 1050. The van der Waals surface area contributed by atoms with Gasteiger partial charge >= 0.3 is 0 Å². The van der Waals surface area contributed by atoms with Crippen molar-refractivity contribution in [1.82, 2.24) is 14.5 Å². The fourth-order valence-electron chi connectivity index (χ4n) is 5.25. The molecule has 2 aliphatic rings. The van der Waals surface area contributed by atoms with Gasteiger partial charge in [0.2, 0.25) is 10.0 Å². The van der Waals surface area contributed by atoms with Crippen LogP contribution in [0.15, 0.2) is 59.5 Å². The Morgan fingerprint density at radius 3 is 2.53 bits per heavy atom. The van der Waals surface area contributed by atoms with E-state index in [1.165, 1.54) is 22.4 Å². The van der Waals surface area contributed by atoms with E-state index in [9.17, 15) is 13.2 Å². The molecule has 1 saturated carbocycles. The van der Waals surface area contributed by atoms with Gasteiger partial charge in [-0.2, -0.15) is 4.31 Å². The molecule has 1 heterocycles. The summed E-state index contributed by atoms with van der Waals surface area (Å²) in [6, 6.07) is 17.0. The number of amides is 1. The Balaban J connectivity index is 1.34. The second kappa shape index (κ2) is 11.5. The van der Waals surface area contributed by atoms with Crippen molar-refractivity contribution in [3.05, 3.63) is 65.7 Å². The first-order valence-corrected chi connectivity index (χ1v) is 14.0. The van der Waals surface area contributed by atoms with Crippen LogP contribution in [-0.2, 0) is 16.6 Å². The number of nitrogens with zero attached hydrogens (tertiary/aromatic N) is 2. The smallest absolute Gasteiger partial charge is 0.251 e. The predicted molar refractivity (Wildman–Crippen MR) is 135 cm³/mol. The number of carbonyl (C=O) groups excluding carboxylic acids is 1. The van der Waals surface area contributed by atoms with E-state index in [-0.39, 0.29) is 16.8 Å². The molecule has 6 nitrogen and oxygen atoms in total. The van der Waals surface area contributed by atoms with E-state index in [1.54, 1.807) is 25.2 Å². The van der Waals surface area contributed by atoms with E-state index in [2.05, 4.69) is 34.5 Å². The second-order valence-corrected chi connectivity index (χ2v) is 11.8. The van der Waals surface area contributed by atoms with Gasteiger partial charge in [-0.15, -0.1) is 0 Å². The van der Waals surface area contributed by atoms with Crippen LogP contribution in [-0.4, -0.2) is 56.3 Å². The van der Waals surface area contributed by atoms with Gasteiger partial charge in [-0.25, -0.2) is 8.42 Å². The first kappa shape index (κ1) is 24.9. The maximum atomic E-state index is 13.2. The summed E-state index contributed by atoms with van der Waals surface area (Å²) in [7, 11) is -1.95. The van der Waals surface area contributed by atoms with E-state index >= 15 is 0 Å². The van der Waals surface area contributed by atoms with Gasteiger partial charge in [0.25, 0.3) is 5.91 Å². The molecule has 1 saturated heterocycles. The minimum Gasteiger partial charge on any atom is -0.352 e. The number of nitrogens with one attached hydrogen (secondary N) is 1. The van der Waals surface area contributed by atoms with Gasteiger partial charge < -0.3 is 5.32 Å². The van der Waals surface area contributed by atoms with Crippen LogP contribution in [0.4, 0.5) is 0 Å². The van der Waals surface area contributed by atoms with Crippen LogP contribution in [0.25, 0.3) is 0 Å². The molecular formula is C27H37N3O3S. The SMILES string of the molecule is CN(C1CCCCC1)S(=O)(=O)c1cccc(C(=O)NCC2CCCN(Cc3ccccc3)C2)c1. The molecule has 7 heteroatoms. The number of sulfonamides is 1. The molecule has 4 rings (SSSR count). The summed E-state index contributed by atoms with van der Waals surface area (Å²) in [5.74, 6) is 0.184. The maximum Gasteiger partial charge on any atom is 0.251 e. The molecule has 0 spiro atoms. The Morgan fingerprint density at radius 2 is 1.76 bits per heavy atom. The average molecular weight is 484 g/mol. The minimum absolute atomic E-state index is 0.0429. The first-order valence-electron chi connectivity index (χ1n) is 12.6. The number of hydrogen-bond acceptors (Lipinski definition) is 4. The number of piperidine rings is 1. The highest BCUT2D eigenvalue weighted by molar-refractivity contribution is 7.89. The normalized spacial score (nSPS) is 20.4. The van der Waals surface area contributed by atoms with Crippen LogP contribution in [0, 0.1) is 5.92 Å². The van der Waals surface area contributed by atoms with Crippen molar-refractivity contribution in [2.75, 3.05) is 26.7 Å². The standard InChI is InChI=1S/C27H37N3O3S/c1-29(25-14-6-3-7-15-25)34(32,33)26-16-8-13-24(18-26)27(31)28-19-23-12-9-17-30(21-23)20-22-10-4-2-5-11-22/h2,4-5,8,10-11,13,16,18,23,25H,3,6-7,9,12,14-15,17,19-21H2,1H3,(H,28,31). The number of carbonyl (C=O) groups is 1. The summed E-state index contributed by atoms with van der Waals surface area (Å²) in [6.07, 6.45) is 7.32. The van der Waals surface area contributed by atoms with Gasteiger partial charge in [0.1, 0.15) is 0 Å². The van der Waals surface area contributed by atoms with Crippen LogP contribution in [0.3, 0.4) is 0 Å². The lowest BCUT2D eigenvalue weighted by molar-refractivity contribution is 0.0930. The second-order valence-electron chi connectivity index (χ2n) is 9.78. The Hall–Kier alpha value is -2.22. The molecule has 2 aromatic carbocycles. The van der Waals surface area contributed by atoms with Gasteiger partial charge in [0.15, 0.2) is 0 Å². The summed E-state index contributed by atoms with van der Waals surface area (Å²) < 4.78 is 27.9. The molecule has 0 radical (unpaired) electrons. The van der Waals surface area contributed by atoms with E-state index < -0.39 is 10.0 Å². The summed E-state index contributed by atoms with van der Waals surface area (Å²) in [5.41, 5.74) is 1.71. The van der Waals surface area contributed by atoms with E-state index in [1.807, 2.05) is 6.07 Å². The lowest BCUT2D eigenvalue weighted by atomic mass is 9.96. The zero-order chi connectivity index (χ0) is 24.0. The number of benzene rings is 2. The predicted octanol–water partition coefficient (Wildman–Crippen LogP) is 4.28. The largest absolute Gasteiger partial charge is 0.352 e. The van der Waals surface area contributed by atoms with Gasteiger partial charge in [-0.3, -0.25) is 9.69 Å². The third-order valence-corrected chi connectivity index (χ3v) is 9.17. The van der Waals surface area contributed by atoms with Gasteiger partial charge in [-0.05, 0) is 61.9 Å². The summed E-state index contributed by atoms with van der Waals surface area (Å²) in [5, 5.41) is 3.05. The van der Waals surface area contributed by atoms with Crippen molar-refractivity contribution < 1.29 is 13.2 Å². The van der Waals surface area contributed by atoms with Crippen molar-refractivity contribution >= 4 is 15.9 Å². The average Bonchev–Trinajstić information content (AvgIpc) is 2.88. The molecular weight excluding hydrogens is 446 g/mol. The minimum atomic E-state index is -3.62. The zero-order valence-corrected chi connectivity index (χ0v) is 21.0. The molecule has 1 atom stereocenters. The van der Waals surface area contributed by atoms with Crippen molar-refractivity contribution in [3.8, 4) is 0 Å². The Morgan fingerprint density at radius 1 is 1.00 bits per heavy atom. The van der Waals surface area contributed by atoms with E-state index in [0.29, 0.717) is 18.0 Å². The quantitative estimate of drug-likeness (QED) is 0.608.